The van der Waals surface area contributed by atoms with Gasteiger partial charge in [-0.05, 0) is 29.3 Å². The summed E-state index contributed by atoms with van der Waals surface area (Å²) in [6.45, 7) is -0.600. The fraction of sp³-hybridized carbons (Fsp3) is 0.227. The molecular weight excluding hydrogens is 426 g/mol. The Bertz CT molecular complexity index is 1190. The van der Waals surface area contributed by atoms with Gasteiger partial charge in [-0.15, -0.1) is 0 Å². The van der Waals surface area contributed by atoms with Gasteiger partial charge in [0.1, 0.15) is 5.82 Å². The molecule has 0 aliphatic carbocycles. The second-order valence-electron chi connectivity index (χ2n) is 7.55. The van der Waals surface area contributed by atoms with Gasteiger partial charge in [-0.3, -0.25) is 19.4 Å². The smallest absolute Gasteiger partial charge is 0.323 e. The van der Waals surface area contributed by atoms with Gasteiger partial charge in [-0.2, -0.15) is 18.3 Å². The van der Waals surface area contributed by atoms with Crippen molar-refractivity contribution in [2.45, 2.75) is 19.3 Å². The maximum Gasteiger partial charge on any atom is 0.401 e. The van der Waals surface area contributed by atoms with E-state index in [0.29, 0.717) is 16.8 Å². The van der Waals surface area contributed by atoms with Crippen LogP contribution in [0, 0.1) is 5.82 Å². The SMILES string of the molecule is Cn1cc(-c2c(F)cncc2/C=C/C(=O)Nc2ccc3c(c2)CN(CC(F)(F)F)C3)cn1. The van der Waals surface area contributed by atoms with E-state index in [1.807, 2.05) is 0 Å². The van der Waals surface area contributed by atoms with E-state index in [0.717, 1.165) is 17.3 Å². The summed E-state index contributed by atoms with van der Waals surface area (Å²) in [4.78, 5) is 17.5. The largest absolute Gasteiger partial charge is 0.401 e. The summed E-state index contributed by atoms with van der Waals surface area (Å²) < 4.78 is 53.8. The molecule has 0 saturated carbocycles. The summed E-state index contributed by atoms with van der Waals surface area (Å²) in [6.07, 6.45) is 4.15. The molecule has 0 bridgehead atoms. The van der Waals surface area contributed by atoms with Crippen molar-refractivity contribution in [2.75, 3.05) is 11.9 Å². The van der Waals surface area contributed by atoms with Gasteiger partial charge in [0.05, 0.1) is 18.9 Å². The van der Waals surface area contributed by atoms with Crippen molar-refractivity contribution in [3.05, 3.63) is 71.6 Å². The maximum absolute atomic E-state index is 14.4. The zero-order valence-corrected chi connectivity index (χ0v) is 17.0. The molecule has 6 nitrogen and oxygen atoms in total. The van der Waals surface area contributed by atoms with Crippen LogP contribution in [-0.2, 0) is 24.9 Å². The number of hydrogen-bond donors (Lipinski definition) is 1. The zero-order chi connectivity index (χ0) is 22.9. The lowest BCUT2D eigenvalue weighted by molar-refractivity contribution is -0.147. The maximum atomic E-state index is 14.4. The molecule has 3 heterocycles. The highest BCUT2D eigenvalue weighted by atomic mass is 19.4. The monoisotopic (exact) mass is 445 g/mol. The van der Waals surface area contributed by atoms with Gasteiger partial charge in [-0.25, -0.2) is 4.39 Å². The third-order valence-corrected chi connectivity index (χ3v) is 5.00. The number of aryl methyl sites for hydroxylation is 1. The second kappa shape index (κ2) is 8.54. The van der Waals surface area contributed by atoms with Crippen LogP contribution in [0.4, 0.5) is 23.2 Å². The molecule has 0 unspecified atom stereocenters. The topological polar surface area (TPSA) is 63.1 Å². The molecule has 1 aliphatic heterocycles. The molecule has 3 aromatic rings. The summed E-state index contributed by atoms with van der Waals surface area (Å²) in [5.74, 6) is -1.00. The number of benzene rings is 1. The van der Waals surface area contributed by atoms with Gasteiger partial charge in [0, 0.05) is 61.0 Å². The second-order valence-corrected chi connectivity index (χ2v) is 7.55. The first-order valence-corrected chi connectivity index (χ1v) is 9.70. The Labute approximate surface area is 181 Å². The van der Waals surface area contributed by atoms with Gasteiger partial charge in [0.25, 0.3) is 0 Å². The number of aromatic nitrogens is 3. The molecular formula is C22H19F4N5O. The van der Waals surface area contributed by atoms with Crippen molar-refractivity contribution < 1.29 is 22.4 Å². The molecule has 0 spiro atoms. The Kier molecular flexibility index (Phi) is 5.79. The predicted octanol–water partition coefficient (Wildman–Crippen LogP) is 4.15. The zero-order valence-electron chi connectivity index (χ0n) is 17.0. The van der Waals surface area contributed by atoms with Crippen molar-refractivity contribution in [2.24, 2.45) is 7.05 Å². The number of carbonyl (C=O) groups is 1. The van der Waals surface area contributed by atoms with E-state index in [1.165, 1.54) is 29.4 Å². The highest BCUT2D eigenvalue weighted by Gasteiger charge is 2.33. The fourth-order valence-corrected chi connectivity index (χ4v) is 3.69. The van der Waals surface area contributed by atoms with Crippen LogP contribution >= 0.6 is 0 Å². The normalized spacial score (nSPS) is 14.2. The number of alkyl halides is 3. The van der Waals surface area contributed by atoms with Crippen LogP contribution < -0.4 is 5.32 Å². The molecule has 1 aliphatic rings. The number of nitrogens with zero attached hydrogens (tertiary/aromatic N) is 4. The Morgan fingerprint density at radius 1 is 1.19 bits per heavy atom. The predicted molar refractivity (Wildman–Crippen MR) is 111 cm³/mol. The third-order valence-electron chi connectivity index (χ3n) is 5.00. The minimum absolute atomic E-state index is 0.165. The molecule has 2 aromatic heterocycles. The van der Waals surface area contributed by atoms with E-state index in [1.54, 1.807) is 36.1 Å². The van der Waals surface area contributed by atoms with Gasteiger partial charge in [0.2, 0.25) is 5.91 Å². The number of hydrogen-bond acceptors (Lipinski definition) is 4. The summed E-state index contributed by atoms with van der Waals surface area (Å²) in [6, 6.07) is 5.02. The molecule has 32 heavy (non-hydrogen) atoms. The van der Waals surface area contributed by atoms with Crippen molar-refractivity contribution in [1.82, 2.24) is 19.7 Å². The lowest BCUT2D eigenvalue weighted by Gasteiger charge is -2.16. The van der Waals surface area contributed by atoms with Crippen molar-refractivity contribution >= 4 is 17.7 Å². The summed E-state index contributed by atoms with van der Waals surface area (Å²) in [7, 11) is 1.71. The number of nitrogens with one attached hydrogen (secondary N) is 1. The number of pyridine rings is 1. The average Bonchev–Trinajstić information content (AvgIpc) is 3.30. The van der Waals surface area contributed by atoms with Crippen LogP contribution in [0.3, 0.4) is 0 Å². The first-order chi connectivity index (χ1) is 15.2. The van der Waals surface area contributed by atoms with E-state index in [4.69, 9.17) is 0 Å². The molecule has 4 rings (SSSR count). The lowest BCUT2D eigenvalue weighted by atomic mass is 10.0. The number of anilines is 1. The molecule has 1 N–H and O–H groups in total. The number of rotatable bonds is 5. The lowest BCUT2D eigenvalue weighted by Crippen LogP contribution is -2.29. The van der Waals surface area contributed by atoms with Crippen molar-refractivity contribution in [3.63, 3.8) is 0 Å². The molecule has 0 atom stereocenters. The number of fused-ring (bicyclic) bond motifs is 1. The Hall–Kier alpha value is -3.53. The quantitative estimate of drug-likeness (QED) is 0.474. The van der Waals surface area contributed by atoms with E-state index in [2.05, 4.69) is 15.4 Å². The van der Waals surface area contributed by atoms with E-state index in [-0.39, 0.29) is 18.7 Å². The third kappa shape index (κ3) is 5.02. The molecule has 0 saturated heterocycles. The highest BCUT2D eigenvalue weighted by molar-refractivity contribution is 6.02. The van der Waals surface area contributed by atoms with Crippen LogP contribution in [0.2, 0.25) is 0 Å². The van der Waals surface area contributed by atoms with Gasteiger partial charge < -0.3 is 5.32 Å². The standard InChI is InChI=1S/C22H19F4N5O/c1-30-10-17(8-28-30)21-14(7-27-9-19(21)23)3-5-20(32)29-18-4-2-15-11-31(12-16(15)6-18)13-22(24,25)26/h2-10H,11-13H2,1H3,(H,29,32)/b5-3+. The molecule has 1 aromatic carbocycles. The van der Waals surface area contributed by atoms with Crippen LogP contribution in [0.15, 0.2) is 49.1 Å². The van der Waals surface area contributed by atoms with Crippen molar-refractivity contribution in [1.29, 1.82) is 0 Å². The highest BCUT2D eigenvalue weighted by Crippen LogP contribution is 2.29. The van der Waals surface area contributed by atoms with Crippen molar-refractivity contribution in [3.8, 4) is 11.1 Å². The minimum Gasteiger partial charge on any atom is -0.323 e. The summed E-state index contributed by atoms with van der Waals surface area (Å²) in [5.41, 5.74) is 3.25. The molecule has 1 amide bonds. The van der Waals surface area contributed by atoms with Crippen LogP contribution in [0.25, 0.3) is 17.2 Å². The first kappa shape index (κ1) is 21.7. The average molecular weight is 445 g/mol. The van der Waals surface area contributed by atoms with Gasteiger partial charge in [-0.1, -0.05) is 6.07 Å². The Morgan fingerprint density at radius 2 is 1.97 bits per heavy atom. The van der Waals surface area contributed by atoms with Gasteiger partial charge in [0.15, 0.2) is 0 Å². The number of amides is 1. The summed E-state index contributed by atoms with van der Waals surface area (Å²) >= 11 is 0. The van der Waals surface area contributed by atoms with Gasteiger partial charge >= 0.3 is 6.18 Å². The Morgan fingerprint density at radius 3 is 2.69 bits per heavy atom. The number of halogens is 4. The number of carbonyl (C=O) groups excluding carboxylic acids is 1. The first-order valence-electron chi connectivity index (χ1n) is 9.70. The van der Waals surface area contributed by atoms with E-state index in [9.17, 15) is 22.4 Å². The molecule has 0 radical (unpaired) electrons. The molecule has 166 valence electrons. The summed E-state index contributed by atoms with van der Waals surface area (Å²) in [5, 5.41) is 6.73. The fourth-order valence-electron chi connectivity index (χ4n) is 3.69. The van der Waals surface area contributed by atoms with E-state index >= 15 is 0 Å². The van der Waals surface area contributed by atoms with Crippen LogP contribution in [0.1, 0.15) is 16.7 Å². The molecule has 0 fully saturated rings. The van der Waals surface area contributed by atoms with Crippen LogP contribution in [-0.4, -0.2) is 38.3 Å². The minimum atomic E-state index is -4.26. The molecule has 10 heteroatoms. The Balaban J connectivity index is 1.46. The van der Waals surface area contributed by atoms with Crippen LogP contribution in [0.5, 0.6) is 0 Å². The van der Waals surface area contributed by atoms with E-state index < -0.39 is 24.4 Å².